The fourth-order valence-electron chi connectivity index (χ4n) is 4.79. The highest BCUT2D eigenvalue weighted by molar-refractivity contribution is 6.31. The zero-order chi connectivity index (χ0) is 26.0. The second kappa shape index (κ2) is 10.3. The fourth-order valence-corrected chi connectivity index (χ4v) is 4.97. The number of piperidine rings is 1. The van der Waals surface area contributed by atoms with Crippen LogP contribution in [0.5, 0.6) is 5.75 Å². The average Bonchev–Trinajstić information content (AvgIpc) is 3.70. The summed E-state index contributed by atoms with van der Waals surface area (Å²) in [5, 5.41) is 16.3. The molecule has 1 aliphatic carbocycles. The number of fused-ring (bicyclic) bond motifs is 1. The van der Waals surface area contributed by atoms with Crippen LogP contribution in [0.3, 0.4) is 0 Å². The van der Waals surface area contributed by atoms with Crippen LogP contribution >= 0.6 is 11.6 Å². The molecule has 3 aromatic rings. The number of anilines is 3. The fraction of sp³-hybridized carbons (Fsp3) is 0.333. The maximum Gasteiger partial charge on any atom is 0.266 e. The number of hydrogen-bond donors (Lipinski definition) is 2. The molecule has 0 unspecified atom stereocenters. The monoisotopic (exact) mass is 520 g/mol. The van der Waals surface area contributed by atoms with Gasteiger partial charge in [0.1, 0.15) is 35.4 Å². The number of hydrogen-bond acceptors (Lipinski definition) is 7. The number of likely N-dealkylation sites (tertiary alicyclic amines) is 1. The third-order valence-corrected chi connectivity index (χ3v) is 7.20. The minimum Gasteiger partial charge on any atom is -0.494 e. The molecule has 1 aromatic heterocycles. The zero-order valence-corrected chi connectivity index (χ0v) is 21.1. The van der Waals surface area contributed by atoms with Crippen LogP contribution in [-0.4, -0.2) is 46.5 Å². The van der Waals surface area contributed by atoms with Crippen molar-refractivity contribution in [1.29, 1.82) is 5.26 Å². The van der Waals surface area contributed by atoms with Crippen molar-refractivity contribution in [3.63, 3.8) is 0 Å². The highest BCUT2D eigenvalue weighted by atomic mass is 35.5. The van der Waals surface area contributed by atoms with Crippen molar-refractivity contribution in [2.24, 2.45) is 0 Å². The van der Waals surface area contributed by atoms with E-state index in [1.54, 1.807) is 18.2 Å². The van der Waals surface area contributed by atoms with Gasteiger partial charge in [0, 0.05) is 22.7 Å². The molecule has 2 N–H and O–H groups in total. The molecular formula is C27H26ClFN6O2. The van der Waals surface area contributed by atoms with E-state index in [2.05, 4.69) is 31.6 Å². The van der Waals surface area contributed by atoms with Crippen LogP contribution in [0.1, 0.15) is 32.1 Å². The van der Waals surface area contributed by atoms with Gasteiger partial charge in [0.25, 0.3) is 5.91 Å². The van der Waals surface area contributed by atoms with E-state index in [-0.39, 0.29) is 16.1 Å². The minimum absolute atomic E-state index is 0.0215. The lowest BCUT2D eigenvalue weighted by Gasteiger charge is -2.33. The maximum absolute atomic E-state index is 13.6. The summed E-state index contributed by atoms with van der Waals surface area (Å²) in [7, 11) is 1.49. The lowest BCUT2D eigenvalue weighted by molar-refractivity contribution is -0.112. The van der Waals surface area contributed by atoms with Crippen molar-refractivity contribution >= 4 is 45.6 Å². The summed E-state index contributed by atoms with van der Waals surface area (Å²) in [6, 6.07) is 9.71. The standard InChI is InChI=1S/C27H26ClFN6O2/c1-37-24-13-22-19(25(32-16-31-22)33-18-5-6-21(29)20(28)11-18)12-23(24)34-26(36)17(15-30)14-27(7-8-27)35-9-3-2-4-10-35/h5-6,11-14,16H,2-4,7-10H2,1H3,(H,34,36)(H,31,32,33). The SMILES string of the molecule is COc1cc2ncnc(Nc3ccc(F)c(Cl)c3)c2cc1NC(=O)C(C#N)=CC1(N2CCCCC2)CC1. The predicted octanol–water partition coefficient (Wildman–Crippen LogP) is 5.58. The van der Waals surface area contributed by atoms with Gasteiger partial charge in [-0.05, 0) is 69.1 Å². The number of benzene rings is 2. The molecule has 10 heteroatoms. The molecule has 0 atom stereocenters. The number of halogens is 2. The molecule has 5 rings (SSSR count). The molecule has 1 saturated carbocycles. The largest absolute Gasteiger partial charge is 0.494 e. The van der Waals surface area contributed by atoms with Crippen LogP contribution in [0.15, 0.2) is 48.3 Å². The molecule has 2 aliphatic rings. The van der Waals surface area contributed by atoms with E-state index in [9.17, 15) is 14.4 Å². The van der Waals surface area contributed by atoms with Crippen molar-refractivity contribution in [2.45, 2.75) is 37.6 Å². The molecule has 2 aromatic carbocycles. The van der Waals surface area contributed by atoms with Gasteiger partial charge >= 0.3 is 0 Å². The minimum atomic E-state index is -0.524. The number of rotatable bonds is 7. The highest BCUT2D eigenvalue weighted by Crippen LogP contribution is 2.45. The van der Waals surface area contributed by atoms with Crippen molar-refractivity contribution in [3.8, 4) is 11.8 Å². The van der Waals surface area contributed by atoms with E-state index in [0.29, 0.717) is 33.8 Å². The first-order chi connectivity index (χ1) is 17.9. The Morgan fingerprint density at radius 1 is 1.22 bits per heavy atom. The van der Waals surface area contributed by atoms with E-state index >= 15 is 0 Å². The second-order valence-corrected chi connectivity index (χ2v) is 9.73. The Balaban J connectivity index is 1.44. The maximum atomic E-state index is 13.6. The Morgan fingerprint density at radius 2 is 2.00 bits per heavy atom. The van der Waals surface area contributed by atoms with Gasteiger partial charge in [0.2, 0.25) is 0 Å². The molecule has 0 spiro atoms. The van der Waals surface area contributed by atoms with Gasteiger partial charge in [-0.2, -0.15) is 5.26 Å². The Kier molecular flexibility index (Phi) is 6.96. The summed E-state index contributed by atoms with van der Waals surface area (Å²) in [5.74, 6) is -0.196. The molecule has 1 aliphatic heterocycles. The number of nitrogens with one attached hydrogen (secondary N) is 2. The molecular weight excluding hydrogens is 495 g/mol. The van der Waals surface area contributed by atoms with Crippen LogP contribution in [0.4, 0.5) is 21.6 Å². The van der Waals surface area contributed by atoms with Crippen LogP contribution in [0, 0.1) is 17.1 Å². The lowest BCUT2D eigenvalue weighted by atomic mass is 10.0. The van der Waals surface area contributed by atoms with Crippen molar-refractivity contribution < 1.29 is 13.9 Å². The van der Waals surface area contributed by atoms with Gasteiger partial charge < -0.3 is 15.4 Å². The topological polar surface area (TPSA) is 103 Å². The molecule has 0 bridgehead atoms. The highest BCUT2D eigenvalue weighted by Gasteiger charge is 2.47. The Morgan fingerprint density at radius 3 is 2.68 bits per heavy atom. The average molecular weight is 521 g/mol. The number of carbonyl (C=O) groups excluding carboxylic acids is 1. The first kappa shape index (κ1) is 24.9. The summed E-state index contributed by atoms with van der Waals surface area (Å²) >= 11 is 5.92. The molecule has 1 amide bonds. The van der Waals surface area contributed by atoms with Gasteiger partial charge in [-0.25, -0.2) is 14.4 Å². The predicted molar refractivity (Wildman–Crippen MR) is 140 cm³/mol. The Labute approximate surface area is 219 Å². The summed E-state index contributed by atoms with van der Waals surface area (Å²) in [6.45, 7) is 1.98. The first-order valence-electron chi connectivity index (χ1n) is 12.2. The van der Waals surface area contributed by atoms with E-state index in [1.165, 1.54) is 32.0 Å². The van der Waals surface area contributed by atoms with E-state index in [1.807, 2.05) is 6.08 Å². The van der Waals surface area contributed by atoms with Crippen molar-refractivity contribution in [3.05, 3.63) is 59.1 Å². The third-order valence-electron chi connectivity index (χ3n) is 6.91. The van der Waals surface area contributed by atoms with Gasteiger partial charge in [0.05, 0.1) is 23.3 Å². The van der Waals surface area contributed by atoms with E-state index < -0.39 is 11.7 Å². The van der Waals surface area contributed by atoms with Crippen molar-refractivity contribution in [2.75, 3.05) is 30.8 Å². The molecule has 2 fully saturated rings. The van der Waals surface area contributed by atoms with Crippen LogP contribution in [-0.2, 0) is 4.79 Å². The first-order valence-corrected chi connectivity index (χ1v) is 12.5. The normalized spacial score (nSPS) is 17.2. The third kappa shape index (κ3) is 5.22. The van der Waals surface area contributed by atoms with Gasteiger partial charge in [-0.1, -0.05) is 18.0 Å². The number of amides is 1. The summed E-state index contributed by atoms with van der Waals surface area (Å²) in [5.41, 5.74) is 1.36. The van der Waals surface area contributed by atoms with Gasteiger partial charge in [0.15, 0.2) is 0 Å². The lowest BCUT2D eigenvalue weighted by Crippen LogP contribution is -2.40. The van der Waals surface area contributed by atoms with Gasteiger partial charge in [-0.15, -0.1) is 0 Å². The number of methoxy groups -OCH3 is 1. The Hall–Kier alpha value is -3.74. The summed E-state index contributed by atoms with van der Waals surface area (Å²) in [4.78, 5) is 24.2. The number of aromatic nitrogens is 2. The summed E-state index contributed by atoms with van der Waals surface area (Å²) in [6.07, 6.45) is 8.61. The van der Waals surface area contributed by atoms with Crippen molar-refractivity contribution in [1.82, 2.24) is 14.9 Å². The van der Waals surface area contributed by atoms with Crippen LogP contribution < -0.4 is 15.4 Å². The van der Waals surface area contributed by atoms with Gasteiger partial charge in [-0.3, -0.25) is 9.69 Å². The molecule has 0 radical (unpaired) electrons. The number of ether oxygens (including phenoxy) is 1. The molecule has 8 nitrogen and oxygen atoms in total. The summed E-state index contributed by atoms with van der Waals surface area (Å²) < 4.78 is 19.1. The van der Waals surface area contributed by atoms with E-state index in [4.69, 9.17) is 16.3 Å². The van der Waals surface area contributed by atoms with Crippen LogP contribution in [0.25, 0.3) is 10.9 Å². The quantitative estimate of drug-likeness (QED) is 0.309. The number of carbonyl (C=O) groups is 1. The van der Waals surface area contributed by atoms with Crippen LogP contribution in [0.2, 0.25) is 5.02 Å². The molecule has 1 saturated heterocycles. The zero-order valence-electron chi connectivity index (χ0n) is 20.4. The molecule has 37 heavy (non-hydrogen) atoms. The second-order valence-electron chi connectivity index (χ2n) is 9.32. The number of nitriles is 1. The Bertz CT molecular complexity index is 1430. The molecule has 2 heterocycles. The number of nitrogens with zero attached hydrogens (tertiary/aromatic N) is 4. The smallest absolute Gasteiger partial charge is 0.266 e. The molecule has 190 valence electrons. The van der Waals surface area contributed by atoms with E-state index in [0.717, 1.165) is 38.8 Å².